The zero-order valence-corrected chi connectivity index (χ0v) is 15.4. The Morgan fingerprint density at radius 3 is 2.52 bits per heavy atom. The number of anilines is 1. The first-order valence-corrected chi connectivity index (χ1v) is 9.04. The highest BCUT2D eigenvalue weighted by atomic mass is 35.5. The number of carbonyl (C=O) groups is 1. The Balaban J connectivity index is 2.35. The Morgan fingerprint density at radius 2 is 1.96 bits per heavy atom. The third kappa shape index (κ3) is 4.59. The third-order valence-electron chi connectivity index (χ3n) is 3.07. The Morgan fingerprint density at radius 1 is 1.30 bits per heavy atom. The van der Waals surface area contributed by atoms with Crippen LogP contribution in [-0.4, -0.2) is 28.0 Å². The molecule has 2 rings (SSSR count). The van der Waals surface area contributed by atoms with Gasteiger partial charge < -0.3 is 5.32 Å². The lowest BCUT2D eigenvalue weighted by molar-refractivity contribution is 0.0993. The number of thioether (sulfide) groups is 1. The van der Waals surface area contributed by atoms with Crippen molar-refractivity contribution in [3.8, 4) is 0 Å². The molecule has 2 aromatic rings. The molecular formula is C16H17Cl2N3OS. The predicted molar refractivity (Wildman–Crippen MR) is 97.1 cm³/mol. The van der Waals surface area contributed by atoms with Crippen molar-refractivity contribution in [3.05, 3.63) is 45.6 Å². The number of benzene rings is 1. The molecule has 0 fully saturated rings. The first kappa shape index (κ1) is 18.0. The number of ketones is 1. The molecule has 122 valence electrons. The quantitative estimate of drug-likeness (QED) is 0.452. The van der Waals surface area contributed by atoms with E-state index in [0.717, 1.165) is 0 Å². The van der Waals surface area contributed by atoms with Gasteiger partial charge in [0.05, 0.1) is 5.56 Å². The Labute approximate surface area is 150 Å². The zero-order chi connectivity index (χ0) is 17.0. The van der Waals surface area contributed by atoms with E-state index in [-0.39, 0.29) is 18.2 Å². The fourth-order valence-corrected chi connectivity index (χ4v) is 2.88. The molecule has 0 radical (unpaired) electrons. The summed E-state index contributed by atoms with van der Waals surface area (Å²) in [5, 5.41) is 4.76. The van der Waals surface area contributed by atoms with Crippen LogP contribution in [0.3, 0.4) is 0 Å². The highest BCUT2D eigenvalue weighted by Crippen LogP contribution is 2.27. The lowest BCUT2D eigenvalue weighted by atomic mass is 10.0. The summed E-state index contributed by atoms with van der Waals surface area (Å²) in [7, 11) is 0. The molecule has 0 unspecified atom stereocenters. The summed E-state index contributed by atoms with van der Waals surface area (Å²) in [5.74, 6) is 0.406. The summed E-state index contributed by atoms with van der Waals surface area (Å²) in [6.45, 7) is 3.97. The summed E-state index contributed by atoms with van der Waals surface area (Å²) < 4.78 is 0. The van der Waals surface area contributed by atoms with Gasteiger partial charge in [0.15, 0.2) is 10.9 Å². The smallest absolute Gasteiger partial charge is 0.189 e. The second-order valence-corrected chi connectivity index (χ2v) is 6.81. The van der Waals surface area contributed by atoms with Crippen molar-refractivity contribution in [2.45, 2.75) is 31.5 Å². The summed E-state index contributed by atoms with van der Waals surface area (Å²) in [6.07, 6.45) is 3.55. The van der Waals surface area contributed by atoms with Crippen LogP contribution in [0.1, 0.15) is 29.8 Å². The molecule has 0 bridgehead atoms. The van der Waals surface area contributed by atoms with Gasteiger partial charge in [-0.1, -0.05) is 41.0 Å². The lowest BCUT2D eigenvalue weighted by Gasteiger charge is -2.14. The van der Waals surface area contributed by atoms with Crippen molar-refractivity contribution in [1.29, 1.82) is 0 Å². The fourth-order valence-electron chi connectivity index (χ4n) is 2.01. The maximum Gasteiger partial charge on any atom is 0.189 e. The van der Waals surface area contributed by atoms with E-state index in [4.69, 9.17) is 23.2 Å². The first-order chi connectivity index (χ1) is 10.9. The van der Waals surface area contributed by atoms with E-state index in [0.29, 0.717) is 32.1 Å². The zero-order valence-electron chi connectivity index (χ0n) is 13.1. The summed E-state index contributed by atoms with van der Waals surface area (Å²) in [5.41, 5.74) is 1.05. The predicted octanol–water partition coefficient (Wildman–Crippen LogP) is 4.75. The molecule has 1 N–H and O–H groups in total. The van der Waals surface area contributed by atoms with Gasteiger partial charge in [-0.25, -0.2) is 9.97 Å². The standard InChI is InChI=1S/C16H17Cl2N3OS/c1-9(2)20-15-11(8-19-16(21-15)23-3)14(22)7-10-12(17)5-4-6-13(10)18/h4-6,8-9H,7H2,1-3H3,(H,19,20,21). The topological polar surface area (TPSA) is 54.9 Å². The largest absolute Gasteiger partial charge is 0.367 e. The van der Waals surface area contributed by atoms with Crippen LogP contribution in [0.15, 0.2) is 29.6 Å². The van der Waals surface area contributed by atoms with Gasteiger partial charge in [0.25, 0.3) is 0 Å². The summed E-state index contributed by atoms with van der Waals surface area (Å²) in [6, 6.07) is 5.34. The van der Waals surface area contributed by atoms with Gasteiger partial charge in [-0.05, 0) is 37.8 Å². The molecule has 7 heteroatoms. The lowest BCUT2D eigenvalue weighted by Crippen LogP contribution is -2.17. The van der Waals surface area contributed by atoms with E-state index in [9.17, 15) is 4.79 Å². The Hall–Kier alpha value is -1.30. The van der Waals surface area contributed by atoms with Crippen molar-refractivity contribution in [2.75, 3.05) is 11.6 Å². The molecule has 0 spiro atoms. The maximum atomic E-state index is 12.7. The minimum absolute atomic E-state index is 0.104. The highest BCUT2D eigenvalue weighted by Gasteiger charge is 2.18. The van der Waals surface area contributed by atoms with Crippen LogP contribution in [0, 0.1) is 0 Å². The Bertz CT molecular complexity index is 702. The van der Waals surface area contributed by atoms with Crippen LogP contribution in [-0.2, 0) is 6.42 Å². The minimum atomic E-state index is -0.129. The third-order valence-corrected chi connectivity index (χ3v) is 4.34. The second-order valence-electron chi connectivity index (χ2n) is 5.22. The van der Waals surface area contributed by atoms with Crippen molar-refractivity contribution in [2.24, 2.45) is 0 Å². The molecule has 0 aliphatic heterocycles. The molecule has 0 aliphatic carbocycles. The van der Waals surface area contributed by atoms with Crippen molar-refractivity contribution < 1.29 is 4.79 Å². The van der Waals surface area contributed by atoms with E-state index >= 15 is 0 Å². The number of nitrogens with zero attached hydrogens (tertiary/aromatic N) is 2. The van der Waals surface area contributed by atoms with Crippen LogP contribution in [0.2, 0.25) is 10.0 Å². The van der Waals surface area contributed by atoms with Gasteiger partial charge in [0, 0.05) is 28.7 Å². The van der Waals surface area contributed by atoms with E-state index < -0.39 is 0 Å². The number of aromatic nitrogens is 2. The normalized spacial score (nSPS) is 10.9. The van der Waals surface area contributed by atoms with Gasteiger partial charge in [0.2, 0.25) is 0 Å². The Kier molecular flexibility index (Phi) is 6.27. The van der Waals surface area contributed by atoms with Gasteiger partial charge in [-0.15, -0.1) is 0 Å². The van der Waals surface area contributed by atoms with Gasteiger partial charge in [-0.2, -0.15) is 0 Å². The molecular weight excluding hydrogens is 353 g/mol. The van der Waals surface area contributed by atoms with E-state index in [2.05, 4.69) is 15.3 Å². The summed E-state index contributed by atoms with van der Waals surface area (Å²) >= 11 is 13.7. The molecule has 0 amide bonds. The molecule has 4 nitrogen and oxygen atoms in total. The summed E-state index contributed by atoms with van der Waals surface area (Å²) in [4.78, 5) is 21.3. The molecule has 0 saturated heterocycles. The number of halogens is 2. The maximum absolute atomic E-state index is 12.7. The van der Waals surface area contributed by atoms with Crippen LogP contribution >= 0.6 is 35.0 Å². The number of Topliss-reactive ketones (excluding diaryl/α,β-unsaturated/α-hetero) is 1. The molecule has 23 heavy (non-hydrogen) atoms. The van der Waals surface area contributed by atoms with Crippen molar-refractivity contribution in [1.82, 2.24) is 9.97 Å². The molecule has 1 heterocycles. The number of nitrogens with one attached hydrogen (secondary N) is 1. The highest BCUT2D eigenvalue weighted by molar-refractivity contribution is 7.98. The average molecular weight is 370 g/mol. The van der Waals surface area contributed by atoms with E-state index in [1.165, 1.54) is 11.8 Å². The van der Waals surface area contributed by atoms with Crippen LogP contribution < -0.4 is 5.32 Å². The number of carbonyl (C=O) groups excluding carboxylic acids is 1. The average Bonchev–Trinajstić information content (AvgIpc) is 2.50. The fraction of sp³-hybridized carbons (Fsp3) is 0.312. The molecule has 0 saturated carbocycles. The molecule has 0 atom stereocenters. The van der Waals surface area contributed by atoms with Gasteiger partial charge in [0.1, 0.15) is 5.82 Å². The van der Waals surface area contributed by atoms with E-state index in [1.54, 1.807) is 24.4 Å². The van der Waals surface area contributed by atoms with Crippen LogP contribution in [0.5, 0.6) is 0 Å². The minimum Gasteiger partial charge on any atom is -0.367 e. The van der Waals surface area contributed by atoms with Crippen molar-refractivity contribution in [3.63, 3.8) is 0 Å². The van der Waals surface area contributed by atoms with E-state index in [1.807, 2.05) is 20.1 Å². The molecule has 1 aromatic carbocycles. The number of rotatable bonds is 6. The van der Waals surface area contributed by atoms with Crippen LogP contribution in [0.4, 0.5) is 5.82 Å². The molecule has 0 aliphatic rings. The van der Waals surface area contributed by atoms with Gasteiger partial charge in [-0.3, -0.25) is 4.79 Å². The van der Waals surface area contributed by atoms with Crippen LogP contribution in [0.25, 0.3) is 0 Å². The van der Waals surface area contributed by atoms with Crippen molar-refractivity contribution >= 4 is 46.6 Å². The number of hydrogen-bond acceptors (Lipinski definition) is 5. The second kappa shape index (κ2) is 7.99. The first-order valence-electron chi connectivity index (χ1n) is 7.06. The molecule has 1 aromatic heterocycles. The number of hydrogen-bond donors (Lipinski definition) is 1. The SMILES string of the molecule is CSc1ncc(C(=O)Cc2c(Cl)cccc2Cl)c(NC(C)C)n1. The van der Waals surface area contributed by atoms with Gasteiger partial charge >= 0.3 is 0 Å². The monoisotopic (exact) mass is 369 g/mol.